The summed E-state index contributed by atoms with van der Waals surface area (Å²) in [4.78, 5) is 36.8. The Morgan fingerprint density at radius 1 is 1.10 bits per heavy atom. The number of hydrogen-bond donors (Lipinski definition) is 2. The molecule has 2 amide bonds. The van der Waals surface area contributed by atoms with Crippen LogP contribution in [0, 0.1) is 24.5 Å². The number of hydrogen-bond acceptors (Lipinski definition) is 8. The first-order chi connectivity index (χ1) is 27.8. The molecule has 23 heteroatoms. The number of aliphatic imine (C=N–C) groups is 1. The summed E-state index contributed by atoms with van der Waals surface area (Å²) in [7, 11) is -4.10. The molecule has 0 radical (unpaired) electrons. The number of nitrogens with one attached hydrogen (secondary N) is 2. The Hall–Kier alpha value is -5.64. The van der Waals surface area contributed by atoms with Crippen LogP contribution in [0.3, 0.4) is 0 Å². The zero-order valence-electron chi connectivity index (χ0n) is 30.5. The van der Waals surface area contributed by atoms with Crippen molar-refractivity contribution in [2.75, 3.05) is 15.9 Å². The number of aryl methyl sites for hydroxylation is 1. The van der Waals surface area contributed by atoms with Gasteiger partial charge < -0.3 is 5.32 Å². The maximum atomic E-state index is 15.4. The van der Waals surface area contributed by atoms with E-state index in [1.165, 1.54) is 24.4 Å². The zero-order valence-corrected chi connectivity index (χ0v) is 32.1. The highest BCUT2D eigenvalue weighted by Crippen LogP contribution is 2.68. The average molecular weight is 872 g/mol. The standard InChI is InChI=1S/C36H30ClF8N9O4S/c1-16-4-3-7-46-33(16)48-35(52(15-55)24-6-5-22(37)28-30(24)53(13-25(40)41)50-34(28)51-59(2,57)58)23(10-17-8-18(38)11-19(39)9-17)47-26(56)14-54-31-27(29(49-54)32(42)43)20-12-21(20)36(31,44)45/h3-9,11,15,20-21,23,25,32H,10,12-14H2,1-2H3,(H,47,56)(H,50,51)/t20-,21+,23-/m0/s1. The number of amidine groups is 1. The van der Waals surface area contributed by atoms with E-state index in [1.54, 1.807) is 13.0 Å². The van der Waals surface area contributed by atoms with Crippen LogP contribution in [-0.4, -0.2) is 69.8 Å². The second-order valence-corrected chi connectivity index (χ2v) is 16.1. The third-order valence-corrected chi connectivity index (χ3v) is 10.6. The Morgan fingerprint density at radius 3 is 2.44 bits per heavy atom. The van der Waals surface area contributed by atoms with E-state index in [0.717, 1.165) is 23.3 Å². The lowest BCUT2D eigenvalue weighted by Crippen LogP contribution is -2.50. The van der Waals surface area contributed by atoms with E-state index in [-0.39, 0.29) is 51.4 Å². The van der Waals surface area contributed by atoms with Crippen LogP contribution in [0.2, 0.25) is 5.02 Å². The molecular formula is C36H30ClF8N9O4S. The highest BCUT2D eigenvalue weighted by atomic mass is 35.5. The molecule has 7 rings (SSSR count). The molecule has 5 aromatic rings. The molecule has 3 atom stereocenters. The molecule has 3 heterocycles. The van der Waals surface area contributed by atoms with Crippen molar-refractivity contribution in [3.63, 3.8) is 0 Å². The third-order valence-electron chi connectivity index (χ3n) is 9.70. The summed E-state index contributed by atoms with van der Waals surface area (Å²) in [6, 6.07) is 6.10. The van der Waals surface area contributed by atoms with Gasteiger partial charge in [0.25, 0.3) is 18.8 Å². The number of nitrogens with zero attached hydrogens (tertiary/aromatic N) is 7. The van der Waals surface area contributed by atoms with Gasteiger partial charge in [-0.05, 0) is 60.7 Å². The predicted octanol–water partition coefficient (Wildman–Crippen LogP) is 6.77. The number of fused-ring (bicyclic) bond motifs is 4. The molecule has 312 valence electrons. The van der Waals surface area contributed by atoms with Crippen molar-refractivity contribution in [1.29, 1.82) is 0 Å². The van der Waals surface area contributed by atoms with E-state index in [9.17, 15) is 44.3 Å². The Morgan fingerprint density at radius 2 is 1.81 bits per heavy atom. The first kappa shape index (κ1) is 41.5. The van der Waals surface area contributed by atoms with E-state index in [0.29, 0.717) is 21.0 Å². The summed E-state index contributed by atoms with van der Waals surface area (Å²) >= 11 is 6.47. The number of aromatic nitrogens is 5. The number of pyridine rings is 1. The fourth-order valence-electron chi connectivity index (χ4n) is 7.33. The van der Waals surface area contributed by atoms with Crippen LogP contribution in [0.15, 0.2) is 53.7 Å². The van der Waals surface area contributed by atoms with Gasteiger partial charge in [-0.2, -0.15) is 19.0 Å². The van der Waals surface area contributed by atoms with Crippen LogP contribution in [0.1, 0.15) is 46.8 Å². The van der Waals surface area contributed by atoms with Crippen molar-refractivity contribution >= 4 is 68.0 Å². The van der Waals surface area contributed by atoms with Crippen LogP contribution in [0.5, 0.6) is 0 Å². The normalized spacial score (nSPS) is 17.6. The lowest BCUT2D eigenvalue weighted by atomic mass is 10.0. The van der Waals surface area contributed by atoms with Crippen LogP contribution in [-0.2, 0) is 45.0 Å². The van der Waals surface area contributed by atoms with E-state index in [2.05, 4.69) is 30.2 Å². The third kappa shape index (κ3) is 8.19. The molecule has 1 saturated carbocycles. The first-order valence-electron chi connectivity index (χ1n) is 17.5. The maximum absolute atomic E-state index is 15.4. The van der Waals surface area contributed by atoms with Gasteiger partial charge in [-0.3, -0.25) is 28.6 Å². The zero-order chi connectivity index (χ0) is 42.7. The van der Waals surface area contributed by atoms with Crippen LogP contribution >= 0.6 is 11.6 Å². The van der Waals surface area contributed by atoms with Crippen molar-refractivity contribution in [3.8, 4) is 0 Å². The molecule has 13 nitrogen and oxygen atoms in total. The largest absolute Gasteiger partial charge is 0.344 e. The van der Waals surface area contributed by atoms with Crippen LogP contribution in [0.4, 0.5) is 52.4 Å². The smallest absolute Gasteiger partial charge is 0.293 e. The lowest BCUT2D eigenvalue weighted by Gasteiger charge is -2.29. The molecule has 3 aromatic heterocycles. The van der Waals surface area contributed by atoms with E-state index in [1.807, 2.05) is 0 Å². The minimum absolute atomic E-state index is 0.0435. The topological polar surface area (TPSA) is 156 Å². The second kappa shape index (κ2) is 15.5. The van der Waals surface area contributed by atoms with Crippen molar-refractivity contribution < 1.29 is 53.1 Å². The number of sulfonamides is 1. The highest BCUT2D eigenvalue weighted by Gasteiger charge is 2.67. The SMILES string of the molecule is Cc1cccnc1N=C([C@H](Cc1cc(F)cc(F)c1)NC(=O)Cn1nc(C(F)F)c2c1C(F)(F)[C@@H]1C[C@H]21)N(C=O)c1ccc(Cl)c2c(NS(C)(=O)=O)nn(CC(F)F)c12. The number of rotatable bonds is 14. The summed E-state index contributed by atoms with van der Waals surface area (Å²) < 4.78 is 144. The molecular weight excluding hydrogens is 842 g/mol. The van der Waals surface area contributed by atoms with E-state index >= 15 is 8.78 Å². The first-order valence-corrected chi connectivity index (χ1v) is 19.7. The second-order valence-electron chi connectivity index (χ2n) is 14.0. The van der Waals surface area contributed by atoms with Gasteiger partial charge in [0, 0.05) is 30.2 Å². The van der Waals surface area contributed by atoms with Gasteiger partial charge in [-0.1, -0.05) is 17.7 Å². The quantitative estimate of drug-likeness (QED) is 0.0540. The van der Waals surface area contributed by atoms with Gasteiger partial charge in [0.15, 0.2) is 11.6 Å². The number of carbonyl (C=O) groups is 2. The minimum atomic E-state index is -4.10. The Balaban J connectivity index is 1.40. The summed E-state index contributed by atoms with van der Waals surface area (Å²) in [6.07, 6.45) is -4.76. The fourth-order valence-corrected chi connectivity index (χ4v) is 8.06. The molecule has 2 aromatic carbocycles. The Labute approximate surface area is 334 Å². The van der Waals surface area contributed by atoms with Gasteiger partial charge in [0.2, 0.25) is 22.3 Å². The number of halogens is 9. The van der Waals surface area contributed by atoms with Crippen molar-refractivity contribution in [1.82, 2.24) is 29.9 Å². The molecule has 2 aliphatic carbocycles. The van der Waals surface area contributed by atoms with Gasteiger partial charge in [0.1, 0.15) is 41.9 Å². The number of carbonyl (C=O) groups excluding carboxylic acids is 2. The monoisotopic (exact) mass is 871 g/mol. The van der Waals surface area contributed by atoms with Gasteiger partial charge >= 0.3 is 0 Å². The average Bonchev–Trinajstić information content (AvgIpc) is 3.66. The fraction of sp³-hybridized carbons (Fsp3) is 0.333. The number of alkyl halides is 6. The van der Waals surface area contributed by atoms with E-state index in [4.69, 9.17) is 11.6 Å². The molecule has 0 bridgehead atoms. The molecule has 2 aliphatic rings. The van der Waals surface area contributed by atoms with Crippen molar-refractivity contribution in [3.05, 3.63) is 93.4 Å². The number of benzene rings is 2. The molecule has 59 heavy (non-hydrogen) atoms. The molecule has 2 N–H and O–H groups in total. The lowest BCUT2D eigenvalue weighted by molar-refractivity contribution is -0.122. The highest BCUT2D eigenvalue weighted by molar-refractivity contribution is 7.92. The summed E-state index contributed by atoms with van der Waals surface area (Å²) in [5.74, 6) is -10.1. The number of amides is 2. The van der Waals surface area contributed by atoms with Gasteiger partial charge in [-0.25, -0.2) is 44.7 Å². The minimum Gasteiger partial charge on any atom is -0.344 e. The number of anilines is 2. The molecule has 0 saturated heterocycles. The van der Waals surface area contributed by atoms with Gasteiger partial charge in [-0.15, -0.1) is 0 Å². The van der Waals surface area contributed by atoms with Crippen LogP contribution < -0.4 is 14.9 Å². The Kier molecular flexibility index (Phi) is 10.9. The molecule has 0 spiro atoms. The molecule has 0 unspecified atom stereocenters. The summed E-state index contributed by atoms with van der Waals surface area (Å²) in [6.45, 7) is -0.658. The summed E-state index contributed by atoms with van der Waals surface area (Å²) in [5.41, 5.74) is -2.51. The maximum Gasteiger partial charge on any atom is 0.293 e. The van der Waals surface area contributed by atoms with E-state index < -0.39 is 107 Å². The van der Waals surface area contributed by atoms with Crippen molar-refractivity contribution in [2.24, 2.45) is 10.9 Å². The van der Waals surface area contributed by atoms with Gasteiger partial charge in [0.05, 0.1) is 33.9 Å². The predicted molar refractivity (Wildman–Crippen MR) is 198 cm³/mol. The molecule has 0 aliphatic heterocycles. The Bertz CT molecular complexity index is 2620. The molecule has 1 fully saturated rings. The summed E-state index contributed by atoms with van der Waals surface area (Å²) in [5, 5.41) is 9.72. The van der Waals surface area contributed by atoms with Crippen LogP contribution in [0.25, 0.3) is 10.9 Å². The van der Waals surface area contributed by atoms with Crippen molar-refractivity contribution in [2.45, 2.75) is 63.6 Å².